The van der Waals surface area contributed by atoms with Gasteiger partial charge in [-0.05, 0) is 18.2 Å². The highest BCUT2D eigenvalue weighted by atomic mass is 32.2. The van der Waals surface area contributed by atoms with E-state index in [1.54, 1.807) is 0 Å². The molecule has 0 aromatic carbocycles. The third kappa shape index (κ3) is 1.72. The summed E-state index contributed by atoms with van der Waals surface area (Å²) in [5.74, 6) is 0. The topological polar surface area (TPSA) is 81.9 Å². The van der Waals surface area contributed by atoms with E-state index in [4.69, 9.17) is 0 Å². The normalized spacial score (nSPS) is 11.2. The molecule has 0 unspecified atom stereocenters. The van der Waals surface area contributed by atoms with Crippen LogP contribution in [0.2, 0.25) is 0 Å². The fourth-order valence-corrected chi connectivity index (χ4v) is 2.25. The van der Waals surface area contributed by atoms with Crippen molar-refractivity contribution in [2.75, 3.05) is 0 Å². The molecule has 82 valence electrons. The van der Waals surface area contributed by atoms with Gasteiger partial charge in [0, 0.05) is 24.7 Å². The highest BCUT2D eigenvalue weighted by Crippen LogP contribution is 2.07. The van der Waals surface area contributed by atoms with Crippen molar-refractivity contribution < 1.29 is 8.42 Å². The van der Waals surface area contributed by atoms with Gasteiger partial charge in [-0.2, -0.15) is 13.5 Å². The van der Waals surface area contributed by atoms with Crippen LogP contribution in [0.4, 0.5) is 0 Å². The van der Waals surface area contributed by atoms with Crippen LogP contribution in [0, 0.1) is 0 Å². The molecule has 0 saturated carbocycles. The minimum atomic E-state index is -3.94. The second kappa shape index (κ2) is 3.86. The fraction of sp³-hybridized carbons (Fsp3) is 0. The van der Waals surface area contributed by atoms with Crippen LogP contribution in [-0.2, 0) is 10.0 Å². The molecule has 0 fully saturated rings. The molecule has 0 atom stereocenters. The number of nitrogens with zero attached hydrogens (tertiary/aromatic N) is 3. The molecule has 0 N–H and O–H groups in total. The first-order valence-electron chi connectivity index (χ1n) is 4.32. The van der Waals surface area contributed by atoms with Gasteiger partial charge >= 0.3 is 0 Å². The van der Waals surface area contributed by atoms with E-state index in [9.17, 15) is 13.2 Å². The summed E-state index contributed by atoms with van der Waals surface area (Å²) < 4.78 is 24.3. The molecule has 0 aliphatic carbocycles. The van der Waals surface area contributed by atoms with Gasteiger partial charge in [0.25, 0.3) is 15.6 Å². The van der Waals surface area contributed by atoms with Gasteiger partial charge < -0.3 is 0 Å². The maximum absolute atomic E-state index is 11.9. The second-order valence-electron chi connectivity index (χ2n) is 2.90. The zero-order valence-corrected chi connectivity index (χ0v) is 8.83. The van der Waals surface area contributed by atoms with E-state index >= 15 is 0 Å². The zero-order valence-electron chi connectivity index (χ0n) is 8.02. The smallest absolute Gasteiger partial charge is 0.267 e. The minimum Gasteiger partial charge on any atom is -0.267 e. The molecule has 2 aromatic rings. The van der Waals surface area contributed by atoms with Crippen LogP contribution in [0.1, 0.15) is 0 Å². The van der Waals surface area contributed by atoms with Crippen molar-refractivity contribution in [3.8, 4) is 0 Å². The molecule has 0 bridgehead atoms. The molecule has 16 heavy (non-hydrogen) atoms. The van der Waals surface area contributed by atoms with E-state index in [2.05, 4.69) is 10.1 Å². The minimum absolute atomic E-state index is 0.0733. The highest BCUT2D eigenvalue weighted by Gasteiger charge is 2.18. The van der Waals surface area contributed by atoms with E-state index in [1.807, 2.05) is 0 Å². The fourth-order valence-electron chi connectivity index (χ4n) is 1.13. The van der Waals surface area contributed by atoms with Gasteiger partial charge in [-0.3, -0.25) is 9.78 Å². The van der Waals surface area contributed by atoms with E-state index in [-0.39, 0.29) is 4.90 Å². The molecule has 0 saturated heterocycles. The Morgan fingerprint density at radius 1 is 1.12 bits per heavy atom. The van der Waals surface area contributed by atoms with Crippen LogP contribution in [0.5, 0.6) is 0 Å². The summed E-state index contributed by atoms with van der Waals surface area (Å²) in [7, 11) is -3.94. The van der Waals surface area contributed by atoms with Crippen LogP contribution in [0.3, 0.4) is 0 Å². The number of hydrogen-bond acceptors (Lipinski definition) is 5. The quantitative estimate of drug-likeness (QED) is 0.727. The lowest BCUT2D eigenvalue weighted by Crippen LogP contribution is -2.28. The van der Waals surface area contributed by atoms with E-state index in [1.165, 1.54) is 30.6 Å². The molecule has 0 aliphatic heterocycles. The van der Waals surface area contributed by atoms with Gasteiger partial charge in [0.15, 0.2) is 0 Å². The summed E-state index contributed by atoms with van der Waals surface area (Å²) >= 11 is 0. The van der Waals surface area contributed by atoms with Crippen molar-refractivity contribution in [1.82, 2.24) is 14.2 Å². The average molecular weight is 237 g/mol. The molecule has 2 heterocycles. The van der Waals surface area contributed by atoms with Gasteiger partial charge in [-0.1, -0.05) is 0 Å². The Hall–Kier alpha value is -2.02. The molecule has 2 aromatic heterocycles. The van der Waals surface area contributed by atoms with Crippen LogP contribution in [0.25, 0.3) is 0 Å². The summed E-state index contributed by atoms with van der Waals surface area (Å²) in [5, 5.41) is 3.51. The Labute approximate surface area is 91.2 Å². The van der Waals surface area contributed by atoms with Gasteiger partial charge in [0.2, 0.25) is 0 Å². The molecular formula is C9H7N3O3S. The molecule has 0 aliphatic rings. The summed E-state index contributed by atoms with van der Waals surface area (Å²) in [4.78, 5) is 15.0. The summed E-state index contributed by atoms with van der Waals surface area (Å²) in [6, 6.07) is 5.32. The first-order chi connectivity index (χ1) is 7.62. The maximum Gasteiger partial charge on any atom is 0.287 e. The van der Waals surface area contributed by atoms with Crippen molar-refractivity contribution in [2.24, 2.45) is 0 Å². The van der Waals surface area contributed by atoms with Gasteiger partial charge in [-0.25, -0.2) is 0 Å². The van der Waals surface area contributed by atoms with E-state index in [0.29, 0.717) is 4.09 Å². The number of aromatic nitrogens is 3. The average Bonchev–Trinajstić information content (AvgIpc) is 2.30. The maximum atomic E-state index is 11.9. The summed E-state index contributed by atoms with van der Waals surface area (Å²) in [5.41, 5.74) is -0.702. The van der Waals surface area contributed by atoms with Crippen LogP contribution in [-0.4, -0.2) is 22.6 Å². The van der Waals surface area contributed by atoms with E-state index < -0.39 is 15.6 Å². The van der Waals surface area contributed by atoms with Crippen LogP contribution in [0.15, 0.2) is 52.5 Å². The van der Waals surface area contributed by atoms with Gasteiger partial charge in [0.05, 0.1) is 0 Å². The Balaban J connectivity index is 2.66. The SMILES string of the molecule is O=c1cccnn1S(=O)(=O)c1cccnc1. The molecule has 6 nitrogen and oxygen atoms in total. The Morgan fingerprint density at radius 2 is 1.88 bits per heavy atom. The zero-order chi connectivity index (χ0) is 11.6. The number of hydrogen-bond donors (Lipinski definition) is 0. The highest BCUT2D eigenvalue weighted by molar-refractivity contribution is 7.89. The molecule has 2 rings (SSSR count). The lowest BCUT2D eigenvalue weighted by molar-refractivity contribution is 0.575. The lowest BCUT2D eigenvalue weighted by atomic mass is 10.5. The van der Waals surface area contributed by atoms with Gasteiger partial charge in [-0.15, -0.1) is 4.09 Å². The Bertz CT molecular complexity index is 649. The van der Waals surface area contributed by atoms with Gasteiger partial charge in [0.1, 0.15) is 4.90 Å². The molecule has 0 spiro atoms. The largest absolute Gasteiger partial charge is 0.287 e. The Kier molecular flexibility index (Phi) is 2.53. The summed E-state index contributed by atoms with van der Waals surface area (Å²) in [6.45, 7) is 0. The first-order valence-corrected chi connectivity index (χ1v) is 5.76. The standard InChI is InChI=1S/C9H7N3O3S/c13-9-4-2-6-11-12(9)16(14,15)8-3-1-5-10-7-8/h1-7H. The predicted octanol–water partition coefficient (Wildman–Crippen LogP) is -0.125. The molecule has 0 amide bonds. The number of pyridine rings is 1. The van der Waals surface area contributed by atoms with Crippen LogP contribution < -0.4 is 5.56 Å². The van der Waals surface area contributed by atoms with Crippen molar-refractivity contribution >= 4 is 10.0 Å². The summed E-state index contributed by atoms with van der Waals surface area (Å²) in [6.07, 6.45) is 3.84. The first kappa shape index (κ1) is 10.5. The van der Waals surface area contributed by atoms with Crippen LogP contribution >= 0.6 is 0 Å². The van der Waals surface area contributed by atoms with E-state index in [0.717, 1.165) is 12.3 Å². The Morgan fingerprint density at radius 3 is 2.50 bits per heavy atom. The van der Waals surface area contributed by atoms with Crippen molar-refractivity contribution in [3.63, 3.8) is 0 Å². The number of rotatable bonds is 2. The van der Waals surface area contributed by atoms with Crippen molar-refractivity contribution in [1.29, 1.82) is 0 Å². The second-order valence-corrected chi connectivity index (χ2v) is 4.67. The monoisotopic (exact) mass is 237 g/mol. The molecular weight excluding hydrogens is 230 g/mol. The molecule has 7 heteroatoms. The van der Waals surface area contributed by atoms with Crippen molar-refractivity contribution in [3.05, 3.63) is 53.2 Å². The predicted molar refractivity (Wildman–Crippen MR) is 55.3 cm³/mol. The molecule has 0 radical (unpaired) electrons. The van der Waals surface area contributed by atoms with Crippen molar-refractivity contribution in [2.45, 2.75) is 4.90 Å². The third-order valence-corrected chi connectivity index (χ3v) is 3.41. The lowest BCUT2D eigenvalue weighted by Gasteiger charge is -2.04. The third-order valence-electron chi connectivity index (χ3n) is 1.84.